The number of rotatable bonds is 4. The zero-order chi connectivity index (χ0) is 15.5. The lowest BCUT2D eigenvalue weighted by Gasteiger charge is -2.40. The van der Waals surface area contributed by atoms with Crippen LogP contribution in [-0.2, 0) is 4.74 Å². The minimum absolute atomic E-state index is 0.155. The Balaban J connectivity index is 1.98. The van der Waals surface area contributed by atoms with E-state index in [1.54, 1.807) is 12.1 Å². The Morgan fingerprint density at radius 1 is 1.38 bits per heavy atom. The predicted octanol–water partition coefficient (Wildman–Crippen LogP) is 2.23. The highest BCUT2D eigenvalue weighted by Crippen LogP contribution is 2.18. The van der Waals surface area contributed by atoms with Crippen molar-refractivity contribution in [3.05, 3.63) is 28.0 Å². The van der Waals surface area contributed by atoms with Crippen molar-refractivity contribution in [2.75, 3.05) is 32.8 Å². The molecule has 0 aliphatic carbocycles. The van der Waals surface area contributed by atoms with E-state index in [0.29, 0.717) is 11.6 Å². The predicted molar refractivity (Wildman–Crippen MR) is 83.1 cm³/mol. The van der Waals surface area contributed by atoms with Crippen LogP contribution in [0.15, 0.2) is 12.1 Å². The quantitative estimate of drug-likeness (QED) is 0.859. The lowest BCUT2D eigenvalue weighted by molar-refractivity contribution is -0.00924. The SMILES string of the molecule is CC(C)(CNC(=O)c1nc(Cl)ccc1Cl)N1CCOCC1. The van der Waals surface area contributed by atoms with Gasteiger partial charge in [0.1, 0.15) is 10.8 Å². The molecule has 1 aromatic heterocycles. The second kappa shape index (κ2) is 6.92. The number of pyridine rings is 1. The average molecular weight is 332 g/mol. The molecular weight excluding hydrogens is 313 g/mol. The first-order valence-corrected chi connectivity index (χ1v) is 7.59. The molecule has 0 radical (unpaired) electrons. The van der Waals surface area contributed by atoms with E-state index in [9.17, 15) is 4.79 Å². The molecule has 0 aromatic carbocycles. The van der Waals surface area contributed by atoms with Gasteiger partial charge in [0, 0.05) is 25.2 Å². The second-order valence-corrected chi connectivity index (χ2v) is 6.35. The first-order valence-electron chi connectivity index (χ1n) is 6.83. The summed E-state index contributed by atoms with van der Waals surface area (Å²) in [5.74, 6) is -0.316. The highest BCUT2D eigenvalue weighted by atomic mass is 35.5. The molecule has 1 aliphatic heterocycles. The summed E-state index contributed by atoms with van der Waals surface area (Å²) in [4.78, 5) is 18.5. The summed E-state index contributed by atoms with van der Waals surface area (Å²) in [7, 11) is 0. The Morgan fingerprint density at radius 3 is 2.71 bits per heavy atom. The molecule has 0 spiro atoms. The van der Waals surface area contributed by atoms with E-state index in [4.69, 9.17) is 27.9 Å². The van der Waals surface area contributed by atoms with Gasteiger partial charge in [0.2, 0.25) is 0 Å². The van der Waals surface area contributed by atoms with Gasteiger partial charge in [-0.25, -0.2) is 4.98 Å². The number of hydrogen-bond acceptors (Lipinski definition) is 4. The number of ether oxygens (including phenoxy) is 1. The van der Waals surface area contributed by atoms with Crippen LogP contribution in [-0.4, -0.2) is 54.2 Å². The number of amides is 1. The highest BCUT2D eigenvalue weighted by Gasteiger charge is 2.29. The third kappa shape index (κ3) is 4.30. The molecule has 7 heteroatoms. The largest absolute Gasteiger partial charge is 0.379 e. The molecule has 0 atom stereocenters. The molecule has 0 unspecified atom stereocenters. The summed E-state index contributed by atoms with van der Waals surface area (Å²) < 4.78 is 5.35. The number of nitrogens with one attached hydrogen (secondary N) is 1. The summed E-state index contributed by atoms with van der Waals surface area (Å²) in [6.07, 6.45) is 0. The molecule has 1 N–H and O–H groups in total. The molecule has 1 aliphatic rings. The number of carbonyl (C=O) groups is 1. The van der Waals surface area contributed by atoms with Crippen LogP contribution in [0, 0.1) is 0 Å². The number of halogens is 2. The standard InChI is InChI=1S/C14H19Cl2N3O2/c1-14(2,19-5-7-21-8-6-19)9-17-13(20)12-10(15)3-4-11(16)18-12/h3-4H,5-9H2,1-2H3,(H,17,20). The zero-order valence-corrected chi connectivity index (χ0v) is 13.7. The van der Waals surface area contributed by atoms with Crippen LogP contribution in [0.2, 0.25) is 10.2 Å². The molecule has 1 aromatic rings. The third-order valence-electron chi connectivity index (χ3n) is 3.58. The van der Waals surface area contributed by atoms with E-state index in [1.165, 1.54) is 0 Å². The maximum absolute atomic E-state index is 12.2. The van der Waals surface area contributed by atoms with Crippen LogP contribution in [0.3, 0.4) is 0 Å². The number of nitrogens with zero attached hydrogens (tertiary/aromatic N) is 2. The van der Waals surface area contributed by atoms with Crippen molar-refractivity contribution in [2.24, 2.45) is 0 Å². The zero-order valence-electron chi connectivity index (χ0n) is 12.2. The fraction of sp³-hybridized carbons (Fsp3) is 0.571. The average Bonchev–Trinajstić information content (AvgIpc) is 2.48. The molecule has 1 amide bonds. The minimum Gasteiger partial charge on any atom is -0.379 e. The fourth-order valence-corrected chi connectivity index (χ4v) is 2.58. The number of hydrogen-bond donors (Lipinski definition) is 1. The van der Waals surface area contributed by atoms with Crippen LogP contribution in [0.25, 0.3) is 0 Å². The summed E-state index contributed by atoms with van der Waals surface area (Å²) >= 11 is 11.8. The molecule has 21 heavy (non-hydrogen) atoms. The fourth-order valence-electron chi connectivity index (χ4n) is 2.24. The van der Waals surface area contributed by atoms with Crippen molar-refractivity contribution in [3.63, 3.8) is 0 Å². The molecule has 5 nitrogen and oxygen atoms in total. The Bertz CT molecular complexity index is 517. The molecule has 1 fully saturated rings. The van der Waals surface area contributed by atoms with Crippen molar-refractivity contribution in [1.82, 2.24) is 15.2 Å². The lowest BCUT2D eigenvalue weighted by atomic mass is 10.0. The van der Waals surface area contributed by atoms with E-state index < -0.39 is 0 Å². The summed E-state index contributed by atoms with van der Waals surface area (Å²) in [5, 5.41) is 3.42. The smallest absolute Gasteiger partial charge is 0.271 e. The molecule has 2 heterocycles. The molecule has 1 saturated heterocycles. The summed E-state index contributed by atoms with van der Waals surface area (Å²) in [6, 6.07) is 3.12. The molecule has 0 saturated carbocycles. The monoisotopic (exact) mass is 331 g/mol. The van der Waals surface area contributed by atoms with Crippen molar-refractivity contribution >= 4 is 29.1 Å². The van der Waals surface area contributed by atoms with Gasteiger partial charge in [-0.3, -0.25) is 9.69 Å². The number of carbonyl (C=O) groups excluding carboxylic acids is 1. The first kappa shape index (κ1) is 16.5. The van der Waals surface area contributed by atoms with Crippen molar-refractivity contribution < 1.29 is 9.53 Å². The maximum Gasteiger partial charge on any atom is 0.271 e. The normalized spacial score (nSPS) is 16.8. The van der Waals surface area contributed by atoms with E-state index in [1.807, 2.05) is 0 Å². The summed E-state index contributed by atoms with van der Waals surface area (Å²) in [5.41, 5.74) is -0.00763. The van der Waals surface area contributed by atoms with Crippen molar-refractivity contribution in [2.45, 2.75) is 19.4 Å². The minimum atomic E-state index is -0.316. The Morgan fingerprint density at radius 2 is 2.05 bits per heavy atom. The van der Waals surface area contributed by atoms with Gasteiger partial charge in [0.25, 0.3) is 5.91 Å². The van der Waals surface area contributed by atoms with E-state index >= 15 is 0 Å². The van der Waals surface area contributed by atoms with Crippen LogP contribution in [0.1, 0.15) is 24.3 Å². The Hall–Kier alpha value is -0.880. The maximum atomic E-state index is 12.2. The van der Waals surface area contributed by atoms with Crippen LogP contribution >= 0.6 is 23.2 Å². The second-order valence-electron chi connectivity index (χ2n) is 5.56. The molecular formula is C14H19Cl2N3O2. The third-order valence-corrected chi connectivity index (χ3v) is 4.09. The summed E-state index contributed by atoms with van der Waals surface area (Å²) in [6.45, 7) is 7.84. The molecule has 116 valence electrons. The van der Waals surface area contributed by atoms with Crippen molar-refractivity contribution in [3.8, 4) is 0 Å². The van der Waals surface area contributed by atoms with Gasteiger partial charge in [-0.1, -0.05) is 23.2 Å². The van der Waals surface area contributed by atoms with Gasteiger partial charge in [-0.2, -0.15) is 0 Å². The molecule has 0 bridgehead atoms. The number of aromatic nitrogens is 1. The highest BCUT2D eigenvalue weighted by molar-refractivity contribution is 6.34. The van der Waals surface area contributed by atoms with E-state index in [2.05, 4.69) is 29.0 Å². The van der Waals surface area contributed by atoms with Crippen molar-refractivity contribution in [1.29, 1.82) is 0 Å². The number of morpholine rings is 1. The lowest BCUT2D eigenvalue weighted by Crippen LogP contribution is -2.55. The van der Waals surface area contributed by atoms with E-state index in [-0.39, 0.29) is 22.3 Å². The molecule has 2 rings (SSSR count). The van der Waals surface area contributed by atoms with Gasteiger partial charge in [0.15, 0.2) is 0 Å². The Kier molecular flexibility index (Phi) is 5.43. The topological polar surface area (TPSA) is 54.5 Å². The van der Waals surface area contributed by atoms with Gasteiger partial charge in [-0.05, 0) is 26.0 Å². The van der Waals surface area contributed by atoms with E-state index in [0.717, 1.165) is 26.3 Å². The first-order chi connectivity index (χ1) is 9.90. The Labute approximate surface area is 134 Å². The van der Waals surface area contributed by atoms with Gasteiger partial charge in [-0.15, -0.1) is 0 Å². The van der Waals surface area contributed by atoms with Crippen LogP contribution in [0.4, 0.5) is 0 Å². The van der Waals surface area contributed by atoms with Gasteiger partial charge in [0.05, 0.1) is 18.2 Å². The van der Waals surface area contributed by atoms with Gasteiger partial charge < -0.3 is 10.1 Å². The van der Waals surface area contributed by atoms with Crippen LogP contribution < -0.4 is 5.32 Å². The van der Waals surface area contributed by atoms with Crippen LogP contribution in [0.5, 0.6) is 0 Å². The van der Waals surface area contributed by atoms with Gasteiger partial charge >= 0.3 is 0 Å².